The molecule has 0 amide bonds. The van der Waals surface area contributed by atoms with Crippen molar-refractivity contribution in [2.24, 2.45) is 5.92 Å². The fourth-order valence-corrected chi connectivity index (χ4v) is 2.93. The van der Waals surface area contributed by atoms with Gasteiger partial charge in [-0.2, -0.15) is 0 Å². The Morgan fingerprint density at radius 1 is 1.20 bits per heavy atom. The maximum Gasteiger partial charge on any atom is 0.141 e. The van der Waals surface area contributed by atoms with E-state index in [0.29, 0.717) is 11.7 Å². The Balaban J connectivity index is 2.14. The van der Waals surface area contributed by atoms with Gasteiger partial charge in [-0.15, -0.1) is 11.8 Å². The van der Waals surface area contributed by atoms with Crippen molar-refractivity contribution in [1.82, 2.24) is 9.97 Å². The normalized spacial score (nSPS) is 11.0. The minimum absolute atomic E-state index is 0.527. The average Bonchev–Trinajstić information content (AvgIpc) is 2.42. The molecule has 0 aliphatic carbocycles. The summed E-state index contributed by atoms with van der Waals surface area (Å²) in [5, 5.41) is 0. The Morgan fingerprint density at radius 3 is 2.55 bits per heavy atom. The second kappa shape index (κ2) is 7.09. The molecule has 106 valence electrons. The molecule has 0 spiro atoms. The van der Waals surface area contributed by atoms with Crippen LogP contribution in [-0.4, -0.2) is 9.97 Å². The van der Waals surface area contributed by atoms with Crippen molar-refractivity contribution in [3.05, 3.63) is 46.3 Å². The smallest absolute Gasteiger partial charge is 0.141 e. The fourth-order valence-electron chi connectivity index (χ4n) is 1.82. The molecule has 2 N–H and O–H groups in total. The van der Waals surface area contributed by atoms with Gasteiger partial charge < -0.3 is 5.73 Å². The van der Waals surface area contributed by atoms with E-state index >= 15 is 0 Å². The third-order valence-electron chi connectivity index (χ3n) is 2.70. The Morgan fingerprint density at radius 2 is 1.90 bits per heavy atom. The van der Waals surface area contributed by atoms with E-state index in [9.17, 15) is 0 Å². The summed E-state index contributed by atoms with van der Waals surface area (Å²) >= 11 is 5.20. The Bertz CT molecular complexity index is 573. The fraction of sp³-hybridized carbons (Fsp3) is 0.333. The van der Waals surface area contributed by atoms with Crippen LogP contribution in [0.3, 0.4) is 0 Å². The summed E-state index contributed by atoms with van der Waals surface area (Å²) in [5.74, 6) is 2.58. The van der Waals surface area contributed by atoms with E-state index < -0.39 is 0 Å². The quantitative estimate of drug-likeness (QED) is 0.815. The van der Waals surface area contributed by atoms with Crippen LogP contribution in [0.5, 0.6) is 0 Å². The van der Waals surface area contributed by atoms with Crippen LogP contribution in [-0.2, 0) is 12.2 Å². The number of rotatable bonds is 5. The molecule has 0 saturated carbocycles. The van der Waals surface area contributed by atoms with E-state index in [2.05, 4.69) is 51.9 Å². The summed E-state index contributed by atoms with van der Waals surface area (Å²) in [7, 11) is 0. The van der Waals surface area contributed by atoms with Gasteiger partial charge >= 0.3 is 0 Å². The zero-order valence-electron chi connectivity index (χ0n) is 11.6. The number of thioether (sulfide) groups is 1. The monoisotopic (exact) mass is 351 g/mol. The molecule has 20 heavy (non-hydrogen) atoms. The van der Waals surface area contributed by atoms with Crippen molar-refractivity contribution < 1.29 is 0 Å². The number of anilines is 1. The van der Waals surface area contributed by atoms with Crippen molar-refractivity contribution in [2.45, 2.75) is 30.9 Å². The van der Waals surface area contributed by atoms with Gasteiger partial charge in [0, 0.05) is 4.90 Å². The molecule has 5 heteroatoms. The van der Waals surface area contributed by atoms with Gasteiger partial charge in [-0.1, -0.05) is 32.0 Å². The van der Waals surface area contributed by atoms with Crippen LogP contribution in [0.2, 0.25) is 0 Å². The molecule has 0 radical (unpaired) electrons. The van der Waals surface area contributed by atoms with Crippen molar-refractivity contribution >= 4 is 33.5 Å². The molecular formula is C15H18BrN3S. The zero-order chi connectivity index (χ0) is 14.5. The van der Waals surface area contributed by atoms with Crippen LogP contribution >= 0.6 is 27.7 Å². The number of benzene rings is 1. The molecule has 1 aromatic heterocycles. The molecule has 1 heterocycles. The second-order valence-corrected chi connectivity index (χ2v) is 6.83. The first-order valence-corrected chi connectivity index (χ1v) is 8.32. The van der Waals surface area contributed by atoms with Gasteiger partial charge in [0.25, 0.3) is 0 Å². The highest BCUT2D eigenvalue weighted by Gasteiger charge is 2.11. The molecule has 0 saturated heterocycles. The molecule has 0 unspecified atom stereocenters. The number of aromatic nitrogens is 2. The molecule has 2 rings (SSSR count). The lowest BCUT2D eigenvalue weighted by atomic mass is 10.1. The van der Waals surface area contributed by atoms with E-state index in [1.54, 1.807) is 11.8 Å². The molecule has 0 aliphatic rings. The highest BCUT2D eigenvalue weighted by atomic mass is 79.9. The van der Waals surface area contributed by atoms with Gasteiger partial charge in [0.2, 0.25) is 0 Å². The lowest BCUT2D eigenvalue weighted by molar-refractivity contribution is 0.630. The predicted molar refractivity (Wildman–Crippen MR) is 88.7 cm³/mol. The molecule has 0 bridgehead atoms. The summed E-state index contributed by atoms with van der Waals surface area (Å²) in [4.78, 5) is 10.2. The van der Waals surface area contributed by atoms with Gasteiger partial charge in [-0.25, -0.2) is 9.97 Å². The lowest BCUT2D eigenvalue weighted by Gasteiger charge is -2.10. The minimum atomic E-state index is 0.527. The zero-order valence-corrected chi connectivity index (χ0v) is 14.0. The van der Waals surface area contributed by atoms with Gasteiger partial charge in [-0.05, 0) is 40.4 Å². The number of halogens is 1. The lowest BCUT2D eigenvalue weighted by Crippen LogP contribution is -2.07. The average molecular weight is 352 g/mol. The van der Waals surface area contributed by atoms with E-state index in [1.165, 1.54) is 4.90 Å². The van der Waals surface area contributed by atoms with Gasteiger partial charge in [0.1, 0.15) is 11.6 Å². The summed E-state index contributed by atoms with van der Waals surface area (Å²) in [5.41, 5.74) is 6.96. The molecule has 0 aliphatic heterocycles. The summed E-state index contributed by atoms with van der Waals surface area (Å²) < 4.78 is 0.833. The number of hydrogen-bond acceptors (Lipinski definition) is 4. The van der Waals surface area contributed by atoms with Crippen molar-refractivity contribution in [2.75, 3.05) is 5.73 Å². The first-order chi connectivity index (χ1) is 9.56. The standard InChI is InChI=1S/C15H18BrN3S/c1-10(2)8-12-14(16)15(17)19-13(18-12)9-20-11-6-4-3-5-7-11/h3-7,10H,8-9H2,1-2H3,(H2,17,18,19). The predicted octanol–water partition coefficient (Wildman–Crippen LogP) is 4.31. The highest BCUT2D eigenvalue weighted by Crippen LogP contribution is 2.26. The van der Waals surface area contributed by atoms with E-state index in [4.69, 9.17) is 5.73 Å². The number of nitrogens with two attached hydrogens (primary N) is 1. The first kappa shape index (κ1) is 15.3. The molecule has 1 aromatic carbocycles. The topological polar surface area (TPSA) is 51.8 Å². The van der Waals surface area contributed by atoms with Crippen LogP contribution in [0.1, 0.15) is 25.4 Å². The summed E-state index contributed by atoms with van der Waals surface area (Å²) in [6.45, 7) is 4.34. The molecule has 2 aromatic rings. The summed E-state index contributed by atoms with van der Waals surface area (Å²) in [6, 6.07) is 10.2. The number of nitrogens with zero attached hydrogens (tertiary/aromatic N) is 2. The van der Waals surface area contributed by atoms with Gasteiger partial charge in [-0.3, -0.25) is 0 Å². The van der Waals surface area contributed by atoms with Crippen LogP contribution in [0.4, 0.5) is 5.82 Å². The minimum Gasteiger partial charge on any atom is -0.383 e. The third-order valence-corrected chi connectivity index (χ3v) is 4.58. The van der Waals surface area contributed by atoms with E-state index in [1.807, 2.05) is 18.2 Å². The maximum absolute atomic E-state index is 5.96. The van der Waals surface area contributed by atoms with Gasteiger partial charge in [0.15, 0.2) is 0 Å². The number of nitrogen functional groups attached to an aromatic ring is 1. The van der Waals surface area contributed by atoms with Gasteiger partial charge in [0.05, 0.1) is 15.9 Å². The van der Waals surface area contributed by atoms with E-state index in [0.717, 1.165) is 28.2 Å². The molecular weight excluding hydrogens is 334 g/mol. The second-order valence-electron chi connectivity index (χ2n) is 4.99. The molecule has 0 fully saturated rings. The van der Waals surface area contributed by atoms with Crippen LogP contribution in [0.25, 0.3) is 0 Å². The Kier molecular flexibility index (Phi) is 5.43. The summed E-state index contributed by atoms with van der Waals surface area (Å²) in [6.07, 6.45) is 0.899. The van der Waals surface area contributed by atoms with Crippen molar-refractivity contribution in [1.29, 1.82) is 0 Å². The Labute approximate surface area is 132 Å². The highest BCUT2D eigenvalue weighted by molar-refractivity contribution is 9.10. The number of hydrogen-bond donors (Lipinski definition) is 1. The van der Waals surface area contributed by atoms with Crippen LogP contribution < -0.4 is 5.73 Å². The van der Waals surface area contributed by atoms with Crippen LogP contribution in [0.15, 0.2) is 39.7 Å². The third kappa shape index (κ3) is 4.21. The SMILES string of the molecule is CC(C)Cc1nc(CSc2ccccc2)nc(N)c1Br. The van der Waals surface area contributed by atoms with Crippen LogP contribution in [0, 0.1) is 5.92 Å². The maximum atomic E-state index is 5.96. The first-order valence-electron chi connectivity index (χ1n) is 6.55. The largest absolute Gasteiger partial charge is 0.383 e. The van der Waals surface area contributed by atoms with Crippen molar-refractivity contribution in [3.8, 4) is 0 Å². The van der Waals surface area contributed by atoms with E-state index in [-0.39, 0.29) is 0 Å². The van der Waals surface area contributed by atoms with Crippen molar-refractivity contribution in [3.63, 3.8) is 0 Å². The molecule has 0 atom stereocenters. The molecule has 3 nitrogen and oxygen atoms in total. The Hall–Kier alpha value is -1.07.